The number of rotatable bonds is 3. The van der Waals surface area contributed by atoms with Crippen molar-refractivity contribution in [3.63, 3.8) is 0 Å². The second kappa shape index (κ2) is 3.98. The van der Waals surface area contributed by atoms with Crippen molar-refractivity contribution in [2.45, 2.75) is 12.8 Å². The maximum absolute atomic E-state index is 13.4. The van der Waals surface area contributed by atoms with E-state index in [1.54, 1.807) is 6.20 Å². The maximum atomic E-state index is 13.4. The summed E-state index contributed by atoms with van der Waals surface area (Å²) in [4.78, 5) is 2.82. The third-order valence-corrected chi connectivity index (χ3v) is 2.38. The van der Waals surface area contributed by atoms with E-state index in [4.69, 9.17) is 5.11 Å². The average molecular weight is 211 g/mol. The quantitative estimate of drug-likeness (QED) is 0.803. The lowest BCUT2D eigenvalue weighted by Gasteiger charge is -1.98. The normalized spacial score (nSPS) is 11.1. The molecule has 0 saturated carbocycles. The number of aromatic nitrogens is 1. The third-order valence-electron chi connectivity index (χ3n) is 2.38. The van der Waals surface area contributed by atoms with E-state index >= 15 is 0 Å². The second-order valence-electron chi connectivity index (χ2n) is 3.45. The van der Waals surface area contributed by atoms with Crippen LogP contribution in [0.2, 0.25) is 0 Å². The lowest BCUT2D eigenvalue weighted by atomic mass is 10.1. The molecule has 2 N–H and O–H groups in total. The molecule has 0 amide bonds. The van der Waals surface area contributed by atoms with Gasteiger partial charge in [-0.1, -0.05) is 0 Å². The van der Waals surface area contributed by atoms with Gasteiger partial charge in [-0.2, -0.15) is 0 Å². The first-order chi connectivity index (χ1) is 7.22. The van der Waals surface area contributed by atoms with Crippen LogP contribution in [-0.4, -0.2) is 16.7 Å². The van der Waals surface area contributed by atoms with Gasteiger partial charge >= 0.3 is 0 Å². The fraction of sp³-hybridized carbons (Fsp3) is 0.273. The fourth-order valence-corrected chi connectivity index (χ4v) is 1.72. The van der Waals surface area contributed by atoms with Gasteiger partial charge in [-0.25, -0.2) is 8.78 Å². The smallest absolute Gasteiger partial charge is 0.135 e. The Kier molecular flexibility index (Phi) is 2.68. The molecule has 0 fully saturated rings. The van der Waals surface area contributed by atoms with Gasteiger partial charge in [-0.3, -0.25) is 0 Å². The molecule has 4 heteroatoms. The molecule has 1 heterocycles. The van der Waals surface area contributed by atoms with Gasteiger partial charge in [-0.15, -0.1) is 0 Å². The number of nitrogens with one attached hydrogen (secondary N) is 1. The molecule has 2 rings (SSSR count). The molecule has 0 aliphatic rings. The monoisotopic (exact) mass is 211 g/mol. The van der Waals surface area contributed by atoms with E-state index < -0.39 is 11.6 Å². The van der Waals surface area contributed by atoms with Crippen molar-refractivity contribution >= 4 is 10.9 Å². The summed E-state index contributed by atoms with van der Waals surface area (Å²) >= 11 is 0. The van der Waals surface area contributed by atoms with Crippen LogP contribution in [0.15, 0.2) is 18.3 Å². The summed E-state index contributed by atoms with van der Waals surface area (Å²) in [5.41, 5.74) is 1.23. The summed E-state index contributed by atoms with van der Waals surface area (Å²) in [6.07, 6.45) is 2.81. The van der Waals surface area contributed by atoms with Crippen molar-refractivity contribution in [3.05, 3.63) is 35.5 Å². The lowest BCUT2D eigenvalue weighted by molar-refractivity contribution is 0.288. The van der Waals surface area contributed by atoms with Crippen LogP contribution in [0.25, 0.3) is 10.9 Å². The van der Waals surface area contributed by atoms with Gasteiger partial charge in [0.05, 0.1) is 5.52 Å². The fourth-order valence-electron chi connectivity index (χ4n) is 1.72. The molecule has 0 aliphatic carbocycles. The molecule has 2 aromatic rings. The average Bonchev–Trinajstić information content (AvgIpc) is 2.58. The van der Waals surface area contributed by atoms with Gasteiger partial charge in [-0.05, 0) is 24.5 Å². The standard InChI is InChI=1S/C11H11F2NO/c12-8-4-9(13)11-7(2-1-3-15)6-14-10(11)5-8/h4-6,14-15H,1-3H2. The first kappa shape index (κ1) is 10.1. The zero-order valence-electron chi connectivity index (χ0n) is 8.06. The summed E-state index contributed by atoms with van der Waals surface area (Å²) in [6.45, 7) is 0.0650. The Morgan fingerprint density at radius 3 is 2.80 bits per heavy atom. The number of aromatic amines is 1. The van der Waals surface area contributed by atoms with Crippen LogP contribution < -0.4 is 0 Å². The zero-order chi connectivity index (χ0) is 10.8. The molecule has 1 aromatic heterocycles. The highest BCUT2D eigenvalue weighted by Crippen LogP contribution is 2.23. The summed E-state index contributed by atoms with van der Waals surface area (Å²) in [6, 6.07) is 2.14. The molecule has 80 valence electrons. The lowest BCUT2D eigenvalue weighted by Crippen LogP contribution is -1.89. The van der Waals surface area contributed by atoms with Crippen LogP contribution in [0, 0.1) is 11.6 Å². The van der Waals surface area contributed by atoms with Crippen molar-refractivity contribution < 1.29 is 13.9 Å². The predicted octanol–water partition coefficient (Wildman–Crippen LogP) is 2.37. The van der Waals surface area contributed by atoms with E-state index in [-0.39, 0.29) is 6.61 Å². The Hall–Kier alpha value is -1.42. The molecule has 0 atom stereocenters. The zero-order valence-corrected chi connectivity index (χ0v) is 8.06. The van der Waals surface area contributed by atoms with E-state index in [0.717, 1.165) is 11.6 Å². The van der Waals surface area contributed by atoms with E-state index in [0.29, 0.717) is 23.7 Å². The maximum Gasteiger partial charge on any atom is 0.135 e. The van der Waals surface area contributed by atoms with E-state index in [1.165, 1.54) is 6.07 Å². The van der Waals surface area contributed by atoms with Crippen LogP contribution in [-0.2, 0) is 6.42 Å². The minimum absolute atomic E-state index is 0.0650. The Morgan fingerprint density at radius 1 is 1.27 bits per heavy atom. The SMILES string of the molecule is OCCCc1c[nH]c2cc(F)cc(F)c12. The number of H-pyrrole nitrogens is 1. The van der Waals surface area contributed by atoms with Gasteiger partial charge in [0.15, 0.2) is 0 Å². The van der Waals surface area contributed by atoms with Gasteiger partial charge < -0.3 is 10.1 Å². The van der Waals surface area contributed by atoms with Crippen molar-refractivity contribution in [2.75, 3.05) is 6.61 Å². The Balaban J connectivity index is 2.49. The molecular weight excluding hydrogens is 200 g/mol. The summed E-state index contributed by atoms with van der Waals surface area (Å²) in [7, 11) is 0. The number of hydrogen-bond acceptors (Lipinski definition) is 1. The number of benzene rings is 1. The molecule has 0 radical (unpaired) electrons. The topological polar surface area (TPSA) is 36.0 Å². The summed E-state index contributed by atoms with van der Waals surface area (Å²) < 4.78 is 26.3. The van der Waals surface area contributed by atoms with Crippen molar-refractivity contribution in [2.24, 2.45) is 0 Å². The molecule has 0 unspecified atom stereocenters. The van der Waals surface area contributed by atoms with Crippen LogP contribution in [0.5, 0.6) is 0 Å². The molecule has 0 aliphatic heterocycles. The van der Waals surface area contributed by atoms with Crippen molar-refractivity contribution in [1.29, 1.82) is 0 Å². The molecule has 0 bridgehead atoms. The number of aryl methyl sites for hydroxylation is 1. The second-order valence-corrected chi connectivity index (χ2v) is 3.45. The Labute approximate surface area is 85.5 Å². The highest BCUT2D eigenvalue weighted by molar-refractivity contribution is 5.83. The summed E-state index contributed by atoms with van der Waals surface area (Å²) in [5, 5.41) is 9.11. The van der Waals surface area contributed by atoms with Crippen LogP contribution in [0.4, 0.5) is 8.78 Å². The number of fused-ring (bicyclic) bond motifs is 1. The molecule has 2 nitrogen and oxygen atoms in total. The van der Waals surface area contributed by atoms with E-state index in [2.05, 4.69) is 4.98 Å². The minimum atomic E-state index is -0.587. The first-order valence-electron chi connectivity index (χ1n) is 4.78. The number of hydrogen-bond donors (Lipinski definition) is 2. The highest BCUT2D eigenvalue weighted by atomic mass is 19.1. The van der Waals surface area contributed by atoms with Crippen molar-refractivity contribution in [1.82, 2.24) is 4.98 Å². The molecule has 1 aromatic carbocycles. The third kappa shape index (κ3) is 1.85. The minimum Gasteiger partial charge on any atom is -0.396 e. The van der Waals surface area contributed by atoms with E-state index in [9.17, 15) is 8.78 Å². The Morgan fingerprint density at radius 2 is 2.07 bits per heavy atom. The number of aliphatic hydroxyl groups is 1. The molecule has 0 saturated heterocycles. The van der Waals surface area contributed by atoms with Crippen molar-refractivity contribution in [3.8, 4) is 0 Å². The van der Waals surface area contributed by atoms with Gasteiger partial charge in [0.1, 0.15) is 11.6 Å². The van der Waals surface area contributed by atoms with Gasteiger partial charge in [0, 0.05) is 24.3 Å². The van der Waals surface area contributed by atoms with Crippen LogP contribution >= 0.6 is 0 Å². The molecular formula is C11H11F2NO. The van der Waals surface area contributed by atoms with E-state index in [1.807, 2.05) is 0 Å². The van der Waals surface area contributed by atoms with Gasteiger partial charge in [0.25, 0.3) is 0 Å². The largest absolute Gasteiger partial charge is 0.396 e. The van der Waals surface area contributed by atoms with Gasteiger partial charge in [0.2, 0.25) is 0 Å². The first-order valence-corrected chi connectivity index (χ1v) is 4.78. The number of aliphatic hydroxyl groups excluding tert-OH is 1. The molecule has 0 spiro atoms. The van der Waals surface area contributed by atoms with Crippen LogP contribution in [0.1, 0.15) is 12.0 Å². The highest BCUT2D eigenvalue weighted by Gasteiger charge is 2.10. The Bertz CT molecular complexity index is 479. The number of halogens is 2. The molecule has 15 heavy (non-hydrogen) atoms. The summed E-state index contributed by atoms with van der Waals surface area (Å²) in [5.74, 6) is -1.14. The van der Waals surface area contributed by atoms with Crippen LogP contribution in [0.3, 0.4) is 0 Å². The predicted molar refractivity (Wildman–Crippen MR) is 53.6 cm³/mol.